The summed E-state index contributed by atoms with van der Waals surface area (Å²) in [5.74, 6) is -0.853. The number of rotatable bonds is 5. The van der Waals surface area contributed by atoms with E-state index < -0.39 is 5.91 Å². The van der Waals surface area contributed by atoms with Crippen LogP contribution in [0.3, 0.4) is 0 Å². The third-order valence-corrected chi connectivity index (χ3v) is 4.47. The summed E-state index contributed by atoms with van der Waals surface area (Å²) in [4.78, 5) is 26.3. The van der Waals surface area contributed by atoms with Gasteiger partial charge in [-0.25, -0.2) is 0 Å². The molecule has 0 spiro atoms. The predicted octanol–water partition coefficient (Wildman–Crippen LogP) is 3.43. The van der Waals surface area contributed by atoms with E-state index in [1.165, 1.54) is 12.5 Å². The number of nitrogens with zero attached hydrogens (tertiary/aromatic N) is 1. The van der Waals surface area contributed by atoms with Crippen molar-refractivity contribution in [2.24, 2.45) is 5.73 Å². The number of hydrogen-bond acceptors (Lipinski definition) is 3. The molecule has 0 bridgehead atoms. The number of nitrogens with one attached hydrogen (secondary N) is 1. The van der Waals surface area contributed by atoms with Gasteiger partial charge in [0.05, 0.1) is 11.3 Å². The summed E-state index contributed by atoms with van der Waals surface area (Å²) in [6.45, 7) is 1.95. The van der Waals surface area contributed by atoms with Crippen molar-refractivity contribution in [1.82, 2.24) is 0 Å². The summed E-state index contributed by atoms with van der Waals surface area (Å²) >= 11 is 0. The fraction of sp³-hybridized carbons (Fsp3) is 0.238. The number of carbonyl (C=O) groups is 2. The van der Waals surface area contributed by atoms with Crippen molar-refractivity contribution in [3.8, 4) is 0 Å². The minimum atomic E-state index is -0.550. The molecule has 0 radical (unpaired) electrons. The molecule has 2 aromatic carbocycles. The van der Waals surface area contributed by atoms with Gasteiger partial charge in [0.1, 0.15) is 0 Å². The van der Waals surface area contributed by atoms with Gasteiger partial charge in [0.25, 0.3) is 5.91 Å². The number of carbonyl (C=O) groups excluding carboxylic acids is 2. The third kappa shape index (κ3) is 4.51. The van der Waals surface area contributed by atoms with Crippen LogP contribution in [-0.2, 0) is 4.79 Å². The Bertz CT molecular complexity index is 809. The second kappa shape index (κ2) is 8.34. The van der Waals surface area contributed by atoms with Gasteiger partial charge in [-0.15, -0.1) is 0 Å². The van der Waals surface area contributed by atoms with Gasteiger partial charge >= 0.3 is 0 Å². The predicted molar refractivity (Wildman–Crippen MR) is 105 cm³/mol. The molecule has 5 nitrogen and oxygen atoms in total. The summed E-state index contributed by atoms with van der Waals surface area (Å²) < 4.78 is 0. The fourth-order valence-electron chi connectivity index (χ4n) is 3.10. The van der Waals surface area contributed by atoms with Crippen LogP contribution in [0.15, 0.2) is 54.6 Å². The molecule has 3 N–H and O–H groups in total. The second-order valence-electron chi connectivity index (χ2n) is 6.38. The molecule has 0 aromatic heterocycles. The molecule has 1 aliphatic heterocycles. The van der Waals surface area contributed by atoms with Gasteiger partial charge in [0.15, 0.2) is 0 Å². The highest BCUT2D eigenvalue weighted by atomic mass is 16.2. The molecular formula is C21H23N3O2. The topological polar surface area (TPSA) is 75.4 Å². The molecule has 134 valence electrons. The van der Waals surface area contributed by atoms with Crippen LogP contribution >= 0.6 is 0 Å². The molecule has 1 aliphatic rings. The Morgan fingerprint density at radius 2 is 1.73 bits per heavy atom. The number of benzene rings is 2. The Morgan fingerprint density at radius 3 is 2.42 bits per heavy atom. The van der Waals surface area contributed by atoms with E-state index >= 15 is 0 Å². The Balaban J connectivity index is 1.75. The van der Waals surface area contributed by atoms with Gasteiger partial charge in [0.2, 0.25) is 5.91 Å². The van der Waals surface area contributed by atoms with Crippen LogP contribution in [0.25, 0.3) is 6.08 Å². The van der Waals surface area contributed by atoms with E-state index in [4.69, 9.17) is 5.73 Å². The summed E-state index contributed by atoms with van der Waals surface area (Å²) in [6.07, 6.45) is 6.70. The molecule has 0 aliphatic carbocycles. The fourth-order valence-corrected chi connectivity index (χ4v) is 3.10. The Kier molecular flexibility index (Phi) is 5.69. The van der Waals surface area contributed by atoms with Gasteiger partial charge in [0, 0.05) is 24.9 Å². The first-order valence-electron chi connectivity index (χ1n) is 8.86. The molecular weight excluding hydrogens is 326 g/mol. The molecule has 5 heteroatoms. The first-order valence-corrected chi connectivity index (χ1v) is 8.86. The minimum absolute atomic E-state index is 0.304. The van der Waals surface area contributed by atoms with E-state index in [0.717, 1.165) is 37.2 Å². The van der Waals surface area contributed by atoms with E-state index in [1.54, 1.807) is 18.2 Å². The lowest BCUT2D eigenvalue weighted by Crippen LogP contribution is -2.29. The zero-order chi connectivity index (χ0) is 18.4. The zero-order valence-electron chi connectivity index (χ0n) is 14.7. The van der Waals surface area contributed by atoms with Crippen molar-refractivity contribution in [1.29, 1.82) is 0 Å². The maximum atomic E-state index is 12.2. The van der Waals surface area contributed by atoms with E-state index in [1.807, 2.05) is 36.4 Å². The van der Waals surface area contributed by atoms with Crippen molar-refractivity contribution in [2.75, 3.05) is 23.3 Å². The highest BCUT2D eigenvalue weighted by molar-refractivity contribution is 6.07. The summed E-state index contributed by atoms with van der Waals surface area (Å²) in [7, 11) is 0. The monoisotopic (exact) mass is 349 g/mol. The van der Waals surface area contributed by atoms with Crippen molar-refractivity contribution in [2.45, 2.75) is 19.3 Å². The summed E-state index contributed by atoms with van der Waals surface area (Å²) in [5.41, 5.74) is 8.18. The lowest BCUT2D eigenvalue weighted by Gasteiger charge is -2.29. The molecule has 1 fully saturated rings. The normalized spacial score (nSPS) is 14.4. The van der Waals surface area contributed by atoms with E-state index in [9.17, 15) is 9.59 Å². The van der Waals surface area contributed by atoms with E-state index in [0.29, 0.717) is 11.3 Å². The van der Waals surface area contributed by atoms with Crippen LogP contribution in [0.5, 0.6) is 0 Å². The third-order valence-electron chi connectivity index (χ3n) is 4.47. The maximum absolute atomic E-state index is 12.2. The Labute approximate surface area is 153 Å². The number of anilines is 2. The molecule has 2 amide bonds. The number of amides is 2. The molecule has 0 saturated carbocycles. The molecule has 26 heavy (non-hydrogen) atoms. The van der Waals surface area contributed by atoms with Crippen LogP contribution in [-0.4, -0.2) is 24.9 Å². The molecule has 2 aromatic rings. The van der Waals surface area contributed by atoms with E-state index in [2.05, 4.69) is 10.2 Å². The smallest absolute Gasteiger partial charge is 0.250 e. The van der Waals surface area contributed by atoms with Gasteiger partial charge in [-0.1, -0.05) is 30.3 Å². The quantitative estimate of drug-likeness (QED) is 0.812. The average molecular weight is 349 g/mol. The van der Waals surface area contributed by atoms with Crippen molar-refractivity contribution in [3.05, 3.63) is 65.7 Å². The second-order valence-corrected chi connectivity index (χ2v) is 6.38. The van der Waals surface area contributed by atoms with Gasteiger partial charge in [-0.05, 0) is 49.1 Å². The van der Waals surface area contributed by atoms with Crippen LogP contribution in [0, 0.1) is 0 Å². The largest absolute Gasteiger partial charge is 0.372 e. The van der Waals surface area contributed by atoms with Crippen molar-refractivity contribution in [3.63, 3.8) is 0 Å². The number of hydrogen-bond donors (Lipinski definition) is 2. The lowest BCUT2D eigenvalue weighted by molar-refractivity contribution is -0.111. The van der Waals surface area contributed by atoms with Crippen LogP contribution in [0.1, 0.15) is 35.2 Å². The average Bonchev–Trinajstić information content (AvgIpc) is 2.68. The zero-order valence-corrected chi connectivity index (χ0v) is 14.7. The summed E-state index contributed by atoms with van der Waals surface area (Å²) in [6, 6.07) is 15.0. The Hall–Kier alpha value is -3.08. The molecule has 3 rings (SSSR count). The van der Waals surface area contributed by atoms with Crippen LogP contribution in [0.2, 0.25) is 0 Å². The number of primary amides is 1. The standard InChI is InChI=1S/C21H23N3O2/c22-21(26)18-15-17(24-13-5-2-6-14-24)10-11-19(18)23-20(25)12-9-16-7-3-1-4-8-16/h1,3-4,7-12,15H,2,5-6,13-14H2,(H2,22,26)(H,23,25)/b12-9+. The Morgan fingerprint density at radius 1 is 1.00 bits per heavy atom. The SMILES string of the molecule is NC(=O)c1cc(N2CCCCC2)ccc1NC(=O)/C=C/c1ccccc1. The lowest BCUT2D eigenvalue weighted by atomic mass is 10.1. The highest BCUT2D eigenvalue weighted by Crippen LogP contribution is 2.25. The minimum Gasteiger partial charge on any atom is -0.372 e. The molecule has 0 unspecified atom stereocenters. The first kappa shape index (κ1) is 17.7. The molecule has 1 saturated heterocycles. The summed E-state index contributed by atoms with van der Waals surface area (Å²) in [5, 5.41) is 2.75. The van der Waals surface area contributed by atoms with Gasteiger partial charge < -0.3 is 16.0 Å². The van der Waals surface area contributed by atoms with Crippen molar-refractivity contribution < 1.29 is 9.59 Å². The number of piperidine rings is 1. The van der Waals surface area contributed by atoms with Crippen LogP contribution < -0.4 is 16.0 Å². The number of nitrogens with two attached hydrogens (primary N) is 1. The van der Waals surface area contributed by atoms with Crippen LogP contribution in [0.4, 0.5) is 11.4 Å². The maximum Gasteiger partial charge on any atom is 0.250 e. The highest BCUT2D eigenvalue weighted by Gasteiger charge is 2.16. The van der Waals surface area contributed by atoms with Crippen molar-refractivity contribution >= 4 is 29.3 Å². The van der Waals surface area contributed by atoms with Gasteiger partial charge in [-0.2, -0.15) is 0 Å². The first-order chi connectivity index (χ1) is 12.6. The molecule has 1 heterocycles. The van der Waals surface area contributed by atoms with E-state index in [-0.39, 0.29) is 5.91 Å². The van der Waals surface area contributed by atoms with Gasteiger partial charge in [-0.3, -0.25) is 9.59 Å². The molecule has 0 atom stereocenters.